The largest absolute Gasteiger partial charge is 0.504 e. The molecule has 0 saturated carbocycles. The molecule has 5 heteroatoms. The maximum atomic E-state index is 9.66. The molecule has 5 nitrogen and oxygen atoms in total. The first kappa shape index (κ1) is 12.3. The molecule has 0 radical (unpaired) electrons. The number of methoxy groups -OCH3 is 1. The van der Waals surface area contributed by atoms with Crippen molar-refractivity contribution in [3.05, 3.63) is 23.8 Å². The number of hydrogen-bond donors (Lipinski definition) is 3. The summed E-state index contributed by atoms with van der Waals surface area (Å²) in [5.41, 5.74) is 0.334. The second-order valence-electron chi connectivity index (χ2n) is 3.31. The van der Waals surface area contributed by atoms with Gasteiger partial charge in [-0.05, 0) is 17.7 Å². The van der Waals surface area contributed by atoms with Gasteiger partial charge in [-0.1, -0.05) is 6.07 Å². The Morgan fingerprint density at radius 2 is 2.12 bits per heavy atom. The molecule has 0 bridgehead atoms. The van der Waals surface area contributed by atoms with Crippen LogP contribution >= 0.6 is 0 Å². The van der Waals surface area contributed by atoms with Gasteiger partial charge in [0.2, 0.25) is 0 Å². The van der Waals surface area contributed by atoms with Crippen molar-refractivity contribution in [2.75, 3.05) is 7.11 Å². The van der Waals surface area contributed by atoms with E-state index < -0.39 is 12.2 Å². The first-order chi connectivity index (χ1) is 7.60. The SMILES string of the molecule is COc1ccc(C(O)C(O)CC#N)cc1O. The van der Waals surface area contributed by atoms with E-state index >= 15 is 0 Å². The standard InChI is InChI=1S/C11H13NO4/c1-16-10-3-2-7(6-9(10)14)11(15)8(13)4-5-12/h2-3,6,8,11,13-15H,4H2,1H3. The fourth-order valence-corrected chi connectivity index (χ4v) is 1.32. The molecule has 0 amide bonds. The third-order valence-corrected chi connectivity index (χ3v) is 2.21. The van der Waals surface area contributed by atoms with Gasteiger partial charge in [-0.15, -0.1) is 0 Å². The van der Waals surface area contributed by atoms with Crippen molar-refractivity contribution in [3.8, 4) is 17.6 Å². The van der Waals surface area contributed by atoms with Crippen LogP contribution in [0.2, 0.25) is 0 Å². The highest BCUT2D eigenvalue weighted by atomic mass is 16.5. The molecule has 0 aromatic heterocycles. The predicted molar refractivity (Wildman–Crippen MR) is 55.9 cm³/mol. The predicted octanol–water partition coefficient (Wildman–Crippen LogP) is 0.709. The van der Waals surface area contributed by atoms with E-state index in [1.807, 2.05) is 0 Å². The molecule has 86 valence electrons. The van der Waals surface area contributed by atoms with Gasteiger partial charge >= 0.3 is 0 Å². The summed E-state index contributed by atoms with van der Waals surface area (Å²) in [6.07, 6.45) is -2.54. The first-order valence-corrected chi connectivity index (χ1v) is 4.70. The number of ether oxygens (including phenoxy) is 1. The minimum Gasteiger partial charge on any atom is -0.504 e. The zero-order valence-corrected chi connectivity index (χ0v) is 8.79. The second-order valence-corrected chi connectivity index (χ2v) is 3.31. The summed E-state index contributed by atoms with van der Waals surface area (Å²) in [5, 5.41) is 36.9. The van der Waals surface area contributed by atoms with Gasteiger partial charge < -0.3 is 20.1 Å². The highest BCUT2D eigenvalue weighted by Crippen LogP contribution is 2.30. The fourth-order valence-electron chi connectivity index (χ4n) is 1.32. The minimum atomic E-state index is -1.20. The van der Waals surface area contributed by atoms with Crippen LogP contribution in [-0.2, 0) is 0 Å². The van der Waals surface area contributed by atoms with E-state index in [9.17, 15) is 15.3 Å². The van der Waals surface area contributed by atoms with Gasteiger partial charge in [-0.25, -0.2) is 0 Å². The Kier molecular flexibility index (Phi) is 4.11. The molecule has 1 aromatic carbocycles. The van der Waals surface area contributed by atoms with E-state index in [4.69, 9.17) is 10.00 Å². The van der Waals surface area contributed by atoms with Crippen molar-refractivity contribution in [2.24, 2.45) is 0 Å². The molecule has 0 aliphatic heterocycles. The van der Waals surface area contributed by atoms with Crippen LogP contribution in [0.4, 0.5) is 0 Å². The maximum absolute atomic E-state index is 9.66. The summed E-state index contributed by atoms with van der Waals surface area (Å²) in [4.78, 5) is 0. The van der Waals surface area contributed by atoms with E-state index in [1.165, 1.54) is 25.3 Å². The number of rotatable bonds is 4. The zero-order valence-electron chi connectivity index (χ0n) is 8.79. The van der Waals surface area contributed by atoms with Crippen LogP contribution in [0.5, 0.6) is 11.5 Å². The lowest BCUT2D eigenvalue weighted by molar-refractivity contribution is 0.0215. The van der Waals surface area contributed by atoms with E-state index in [1.54, 1.807) is 6.07 Å². The normalized spacial score (nSPS) is 13.9. The van der Waals surface area contributed by atoms with Gasteiger partial charge in [-0.2, -0.15) is 5.26 Å². The summed E-state index contributed by atoms with van der Waals surface area (Å²) in [7, 11) is 1.41. The molecular weight excluding hydrogens is 210 g/mol. The summed E-state index contributed by atoms with van der Waals surface area (Å²) in [6.45, 7) is 0. The number of nitrogens with zero attached hydrogens (tertiary/aromatic N) is 1. The lowest BCUT2D eigenvalue weighted by Gasteiger charge is -2.16. The number of nitriles is 1. The van der Waals surface area contributed by atoms with Gasteiger partial charge in [-0.3, -0.25) is 0 Å². The van der Waals surface area contributed by atoms with Crippen LogP contribution in [0.1, 0.15) is 18.1 Å². The number of hydrogen-bond acceptors (Lipinski definition) is 5. The van der Waals surface area contributed by atoms with Gasteiger partial charge in [0.25, 0.3) is 0 Å². The van der Waals surface area contributed by atoms with E-state index in [0.717, 1.165) is 0 Å². The van der Waals surface area contributed by atoms with Crippen molar-refractivity contribution in [1.29, 1.82) is 5.26 Å². The molecule has 1 rings (SSSR count). The quantitative estimate of drug-likeness (QED) is 0.698. The average Bonchev–Trinajstić information content (AvgIpc) is 2.28. The third-order valence-electron chi connectivity index (χ3n) is 2.21. The maximum Gasteiger partial charge on any atom is 0.160 e. The fraction of sp³-hybridized carbons (Fsp3) is 0.364. The highest BCUT2D eigenvalue weighted by molar-refractivity contribution is 5.42. The Morgan fingerprint density at radius 3 is 2.62 bits per heavy atom. The number of benzene rings is 1. The lowest BCUT2D eigenvalue weighted by atomic mass is 10.0. The zero-order chi connectivity index (χ0) is 12.1. The van der Waals surface area contributed by atoms with E-state index in [-0.39, 0.29) is 17.9 Å². The second kappa shape index (κ2) is 5.35. The number of aromatic hydroxyl groups is 1. The highest BCUT2D eigenvalue weighted by Gasteiger charge is 2.19. The monoisotopic (exact) mass is 223 g/mol. The van der Waals surface area contributed by atoms with Crippen molar-refractivity contribution < 1.29 is 20.1 Å². The Morgan fingerprint density at radius 1 is 1.44 bits per heavy atom. The molecule has 2 unspecified atom stereocenters. The number of phenols is 1. The topological polar surface area (TPSA) is 93.7 Å². The van der Waals surface area contributed by atoms with Crippen molar-refractivity contribution in [3.63, 3.8) is 0 Å². The number of phenolic OH excluding ortho intramolecular Hbond substituents is 1. The van der Waals surface area contributed by atoms with Crippen LogP contribution in [0.3, 0.4) is 0 Å². The summed E-state index contributed by atoms with van der Waals surface area (Å²) >= 11 is 0. The first-order valence-electron chi connectivity index (χ1n) is 4.70. The van der Waals surface area contributed by atoms with Crippen LogP contribution in [0.25, 0.3) is 0 Å². The summed E-state index contributed by atoms with van der Waals surface area (Å²) in [6, 6.07) is 6.05. The van der Waals surface area contributed by atoms with Gasteiger partial charge in [0.15, 0.2) is 11.5 Å². The summed E-state index contributed by atoms with van der Waals surface area (Å²) < 4.78 is 4.84. The molecule has 1 aromatic rings. The molecular formula is C11H13NO4. The molecule has 0 spiro atoms. The number of aliphatic hydroxyl groups excluding tert-OH is 2. The smallest absolute Gasteiger partial charge is 0.160 e. The van der Waals surface area contributed by atoms with Gasteiger partial charge in [0.05, 0.1) is 25.7 Å². The molecule has 3 N–H and O–H groups in total. The van der Waals surface area contributed by atoms with Crippen LogP contribution in [0, 0.1) is 11.3 Å². The van der Waals surface area contributed by atoms with Gasteiger partial charge in [0.1, 0.15) is 6.10 Å². The van der Waals surface area contributed by atoms with Gasteiger partial charge in [0, 0.05) is 0 Å². The molecule has 0 heterocycles. The van der Waals surface area contributed by atoms with Crippen molar-refractivity contribution >= 4 is 0 Å². The Bertz CT molecular complexity index is 399. The van der Waals surface area contributed by atoms with E-state index in [2.05, 4.69) is 0 Å². The Labute approximate surface area is 93.1 Å². The van der Waals surface area contributed by atoms with Crippen molar-refractivity contribution in [1.82, 2.24) is 0 Å². The van der Waals surface area contributed by atoms with Crippen LogP contribution in [-0.4, -0.2) is 28.5 Å². The van der Waals surface area contributed by atoms with E-state index in [0.29, 0.717) is 5.56 Å². The lowest BCUT2D eigenvalue weighted by Crippen LogP contribution is -2.17. The molecule has 0 fully saturated rings. The Hall–Kier alpha value is -1.77. The molecule has 0 saturated heterocycles. The van der Waals surface area contributed by atoms with Crippen LogP contribution < -0.4 is 4.74 Å². The number of aliphatic hydroxyl groups is 2. The molecule has 0 aliphatic rings. The minimum absolute atomic E-state index is 0.122. The third kappa shape index (κ3) is 2.63. The molecule has 0 aliphatic carbocycles. The average molecular weight is 223 g/mol. The Balaban J connectivity index is 2.89. The molecule has 16 heavy (non-hydrogen) atoms. The summed E-state index contributed by atoms with van der Waals surface area (Å²) in [5.74, 6) is 0.161. The van der Waals surface area contributed by atoms with Crippen molar-refractivity contribution in [2.45, 2.75) is 18.6 Å². The molecule has 2 atom stereocenters. The van der Waals surface area contributed by atoms with Crippen LogP contribution in [0.15, 0.2) is 18.2 Å².